The SMILES string of the molecule is CC(C)C(NC(=O)C(=O)Cc1c[nH]c2ccccc12)C(=O)NC1CCNC(=O)C1=O. The maximum atomic E-state index is 12.6. The molecular formula is C21H24N4O5. The summed E-state index contributed by atoms with van der Waals surface area (Å²) >= 11 is 0. The molecular weight excluding hydrogens is 388 g/mol. The van der Waals surface area contributed by atoms with Crippen molar-refractivity contribution in [2.45, 2.75) is 38.8 Å². The van der Waals surface area contributed by atoms with Crippen LogP contribution < -0.4 is 16.0 Å². The van der Waals surface area contributed by atoms with E-state index in [1.165, 1.54) is 0 Å². The topological polar surface area (TPSA) is 137 Å². The van der Waals surface area contributed by atoms with Crippen molar-refractivity contribution in [1.82, 2.24) is 20.9 Å². The highest BCUT2D eigenvalue weighted by molar-refractivity contribution is 6.39. The van der Waals surface area contributed by atoms with Crippen molar-refractivity contribution >= 4 is 40.2 Å². The molecule has 9 nitrogen and oxygen atoms in total. The summed E-state index contributed by atoms with van der Waals surface area (Å²) in [6.45, 7) is 3.70. The van der Waals surface area contributed by atoms with Crippen LogP contribution in [0.15, 0.2) is 30.5 Å². The number of ketones is 2. The van der Waals surface area contributed by atoms with Crippen molar-refractivity contribution in [3.63, 3.8) is 0 Å². The van der Waals surface area contributed by atoms with Crippen molar-refractivity contribution in [2.24, 2.45) is 5.92 Å². The van der Waals surface area contributed by atoms with Gasteiger partial charge in [0.25, 0.3) is 11.8 Å². The quantitative estimate of drug-likeness (QED) is 0.474. The van der Waals surface area contributed by atoms with E-state index in [4.69, 9.17) is 0 Å². The number of rotatable bonds is 7. The number of nitrogens with one attached hydrogen (secondary N) is 4. The number of aromatic nitrogens is 1. The maximum Gasteiger partial charge on any atom is 0.289 e. The van der Waals surface area contributed by atoms with Crippen LogP contribution in [0.25, 0.3) is 10.9 Å². The van der Waals surface area contributed by atoms with E-state index in [2.05, 4.69) is 20.9 Å². The number of hydrogen-bond acceptors (Lipinski definition) is 5. The maximum absolute atomic E-state index is 12.6. The molecule has 0 aliphatic carbocycles. The third kappa shape index (κ3) is 4.56. The second-order valence-corrected chi connectivity index (χ2v) is 7.62. The molecule has 1 aliphatic heterocycles. The van der Waals surface area contributed by atoms with Gasteiger partial charge >= 0.3 is 0 Å². The van der Waals surface area contributed by atoms with E-state index in [1.54, 1.807) is 20.0 Å². The Kier molecular flexibility index (Phi) is 6.29. The third-order valence-electron chi connectivity index (χ3n) is 5.09. The fraction of sp³-hybridized carbons (Fsp3) is 0.381. The molecule has 1 aromatic carbocycles. The minimum absolute atomic E-state index is 0.108. The van der Waals surface area contributed by atoms with Gasteiger partial charge < -0.3 is 20.9 Å². The fourth-order valence-corrected chi connectivity index (χ4v) is 3.39. The number of Topliss-reactive ketones (excluding diaryl/α,β-unsaturated/α-hetero) is 2. The lowest BCUT2D eigenvalue weighted by atomic mass is 9.99. The summed E-state index contributed by atoms with van der Waals surface area (Å²) in [5, 5.41) is 8.25. The summed E-state index contributed by atoms with van der Waals surface area (Å²) in [4.78, 5) is 64.0. The van der Waals surface area contributed by atoms with E-state index in [-0.39, 0.29) is 25.3 Å². The zero-order valence-electron chi connectivity index (χ0n) is 16.8. The Labute approximate surface area is 173 Å². The van der Waals surface area contributed by atoms with E-state index in [0.717, 1.165) is 10.9 Å². The fourth-order valence-electron chi connectivity index (χ4n) is 3.39. The first-order valence-electron chi connectivity index (χ1n) is 9.79. The summed E-state index contributed by atoms with van der Waals surface area (Å²) in [5.74, 6) is -3.95. The van der Waals surface area contributed by atoms with E-state index in [1.807, 2.05) is 24.3 Å². The number of hydrogen-bond donors (Lipinski definition) is 4. The smallest absolute Gasteiger partial charge is 0.289 e. The van der Waals surface area contributed by atoms with Gasteiger partial charge in [0.1, 0.15) is 6.04 Å². The molecule has 0 saturated carbocycles. The molecule has 2 heterocycles. The van der Waals surface area contributed by atoms with Gasteiger partial charge in [-0.25, -0.2) is 0 Å². The highest BCUT2D eigenvalue weighted by Gasteiger charge is 2.34. The molecule has 1 aliphatic rings. The normalized spacial score (nSPS) is 17.5. The van der Waals surface area contributed by atoms with Crippen LogP contribution in [0.5, 0.6) is 0 Å². The van der Waals surface area contributed by atoms with Crippen molar-refractivity contribution in [1.29, 1.82) is 0 Å². The first kappa shape index (κ1) is 21.2. The Morgan fingerprint density at radius 3 is 2.63 bits per heavy atom. The average Bonchev–Trinajstić information content (AvgIpc) is 3.12. The summed E-state index contributed by atoms with van der Waals surface area (Å²) < 4.78 is 0. The molecule has 4 N–H and O–H groups in total. The highest BCUT2D eigenvalue weighted by atomic mass is 16.2. The zero-order chi connectivity index (χ0) is 21.8. The van der Waals surface area contributed by atoms with Gasteiger partial charge in [0.2, 0.25) is 17.5 Å². The zero-order valence-corrected chi connectivity index (χ0v) is 16.8. The van der Waals surface area contributed by atoms with E-state index >= 15 is 0 Å². The number of H-pyrrole nitrogens is 1. The number of benzene rings is 1. The molecule has 1 saturated heterocycles. The van der Waals surface area contributed by atoms with Gasteiger partial charge in [0.05, 0.1) is 6.04 Å². The number of aromatic amines is 1. The molecule has 1 aromatic heterocycles. The van der Waals surface area contributed by atoms with Crippen LogP contribution in [-0.4, -0.2) is 52.9 Å². The van der Waals surface area contributed by atoms with Gasteiger partial charge in [-0.2, -0.15) is 0 Å². The Bertz CT molecular complexity index is 1010. The number of amides is 3. The number of carbonyl (C=O) groups is 5. The molecule has 1 fully saturated rings. The average molecular weight is 412 g/mol. The first-order chi connectivity index (χ1) is 14.3. The standard InChI is InChI=1S/C21H24N4O5/c1-11(2)17(20(29)24-15-7-8-22-21(30)18(15)27)25-19(28)16(26)9-12-10-23-14-6-4-3-5-13(12)14/h3-6,10-11,15,17,23H,7-9H2,1-2H3,(H,22,30)(H,24,29)(H,25,28). The van der Waals surface area contributed by atoms with Crippen molar-refractivity contribution in [3.8, 4) is 0 Å². The minimum Gasteiger partial charge on any atom is -0.361 e. The van der Waals surface area contributed by atoms with E-state index in [9.17, 15) is 24.0 Å². The molecule has 3 rings (SSSR count). The lowest BCUT2D eigenvalue weighted by molar-refractivity contribution is -0.142. The van der Waals surface area contributed by atoms with Gasteiger partial charge in [-0.05, 0) is 24.0 Å². The number of fused-ring (bicyclic) bond motifs is 1. The van der Waals surface area contributed by atoms with Gasteiger partial charge in [0, 0.05) is 30.1 Å². The number of piperidine rings is 1. The molecule has 2 aromatic rings. The largest absolute Gasteiger partial charge is 0.361 e. The molecule has 0 radical (unpaired) electrons. The molecule has 0 spiro atoms. The predicted molar refractivity (Wildman–Crippen MR) is 108 cm³/mol. The molecule has 0 bridgehead atoms. The molecule has 3 amide bonds. The first-order valence-corrected chi connectivity index (χ1v) is 9.79. The number of para-hydroxylation sites is 1. The Balaban J connectivity index is 1.64. The lowest BCUT2D eigenvalue weighted by Crippen LogP contribution is -2.58. The van der Waals surface area contributed by atoms with Crippen LogP contribution in [0.4, 0.5) is 0 Å². The van der Waals surface area contributed by atoms with Gasteiger partial charge in [-0.15, -0.1) is 0 Å². The second-order valence-electron chi connectivity index (χ2n) is 7.62. The minimum atomic E-state index is -1.01. The summed E-state index contributed by atoms with van der Waals surface area (Å²) in [7, 11) is 0. The lowest BCUT2D eigenvalue weighted by Gasteiger charge is -2.26. The summed E-state index contributed by atoms with van der Waals surface area (Å²) in [6.07, 6.45) is 1.85. The summed E-state index contributed by atoms with van der Waals surface area (Å²) in [5.41, 5.74) is 1.55. The molecule has 2 atom stereocenters. The second kappa shape index (κ2) is 8.89. The van der Waals surface area contributed by atoms with Crippen LogP contribution in [0.1, 0.15) is 25.8 Å². The Hall–Kier alpha value is -3.49. The number of carbonyl (C=O) groups excluding carboxylic acids is 5. The highest BCUT2D eigenvalue weighted by Crippen LogP contribution is 2.18. The third-order valence-corrected chi connectivity index (χ3v) is 5.09. The molecule has 9 heteroatoms. The summed E-state index contributed by atoms with van der Waals surface area (Å²) in [6, 6.07) is 5.48. The van der Waals surface area contributed by atoms with Crippen LogP contribution >= 0.6 is 0 Å². The van der Waals surface area contributed by atoms with Gasteiger partial charge in [-0.3, -0.25) is 24.0 Å². The van der Waals surface area contributed by atoms with Crippen LogP contribution in [0, 0.1) is 5.92 Å². The molecule has 158 valence electrons. The van der Waals surface area contributed by atoms with Crippen LogP contribution in [0.2, 0.25) is 0 Å². The van der Waals surface area contributed by atoms with Gasteiger partial charge in [0.15, 0.2) is 0 Å². The van der Waals surface area contributed by atoms with Crippen molar-refractivity contribution < 1.29 is 24.0 Å². The van der Waals surface area contributed by atoms with Crippen molar-refractivity contribution in [3.05, 3.63) is 36.0 Å². The van der Waals surface area contributed by atoms with Crippen molar-refractivity contribution in [2.75, 3.05) is 6.54 Å². The van der Waals surface area contributed by atoms with Gasteiger partial charge in [-0.1, -0.05) is 32.0 Å². The monoisotopic (exact) mass is 412 g/mol. The molecule has 30 heavy (non-hydrogen) atoms. The van der Waals surface area contributed by atoms with Crippen LogP contribution in [-0.2, 0) is 30.4 Å². The Morgan fingerprint density at radius 1 is 1.17 bits per heavy atom. The molecule has 2 unspecified atom stereocenters. The van der Waals surface area contributed by atoms with E-state index < -0.39 is 41.4 Å². The van der Waals surface area contributed by atoms with E-state index in [0.29, 0.717) is 5.56 Å². The van der Waals surface area contributed by atoms with Crippen LogP contribution in [0.3, 0.4) is 0 Å². The predicted octanol–water partition coefficient (Wildman–Crippen LogP) is -0.00590. The Morgan fingerprint density at radius 2 is 1.90 bits per heavy atom.